The summed E-state index contributed by atoms with van der Waals surface area (Å²) in [5.41, 5.74) is 7.03. The number of methoxy groups -OCH3 is 2. The number of rotatable bonds is 6. The summed E-state index contributed by atoms with van der Waals surface area (Å²) in [6.07, 6.45) is 1.48. The largest absolute Gasteiger partial charge is 0.493 e. The van der Waals surface area contributed by atoms with Crippen molar-refractivity contribution in [3.05, 3.63) is 83.8 Å². The molecule has 0 bridgehead atoms. The van der Waals surface area contributed by atoms with Crippen molar-refractivity contribution in [2.45, 2.75) is 40.0 Å². The molecule has 7 nitrogen and oxygen atoms in total. The minimum absolute atomic E-state index is 0.104. The molecule has 2 heterocycles. The first-order valence-corrected chi connectivity index (χ1v) is 12.5. The summed E-state index contributed by atoms with van der Waals surface area (Å²) in [4.78, 5) is 8.79. The number of fused-ring (bicyclic) bond motifs is 1. The van der Waals surface area contributed by atoms with Crippen molar-refractivity contribution in [1.29, 1.82) is 0 Å². The van der Waals surface area contributed by atoms with Gasteiger partial charge in [0.25, 0.3) is 0 Å². The van der Waals surface area contributed by atoms with Gasteiger partial charge in [0.05, 0.1) is 42.2 Å². The molecule has 0 amide bonds. The summed E-state index contributed by atoms with van der Waals surface area (Å²) in [7, 11) is 3.20. The molecular formula is C31H32N4O3. The van der Waals surface area contributed by atoms with Crippen LogP contribution in [0.25, 0.3) is 27.8 Å². The van der Waals surface area contributed by atoms with Gasteiger partial charge >= 0.3 is 0 Å². The van der Waals surface area contributed by atoms with Gasteiger partial charge in [0.15, 0.2) is 11.5 Å². The number of benzene rings is 3. The molecule has 0 saturated carbocycles. The third-order valence-corrected chi connectivity index (χ3v) is 6.51. The van der Waals surface area contributed by atoms with Crippen LogP contribution in [0.3, 0.4) is 0 Å². The quantitative estimate of drug-likeness (QED) is 0.241. The molecule has 0 fully saturated rings. The van der Waals surface area contributed by atoms with Gasteiger partial charge in [-0.3, -0.25) is 0 Å². The topological polar surface area (TPSA) is 71.3 Å². The normalized spacial score (nSPS) is 11.6. The van der Waals surface area contributed by atoms with Crippen molar-refractivity contribution in [3.63, 3.8) is 0 Å². The number of hydrogen-bond acceptors (Lipinski definition) is 6. The highest BCUT2D eigenvalue weighted by Gasteiger charge is 2.22. The molecule has 38 heavy (non-hydrogen) atoms. The predicted octanol–water partition coefficient (Wildman–Crippen LogP) is 7.21. The molecule has 0 aliphatic carbocycles. The second-order valence-corrected chi connectivity index (χ2v) is 10.4. The molecule has 194 valence electrons. The van der Waals surface area contributed by atoms with E-state index in [-0.39, 0.29) is 5.41 Å². The third-order valence-electron chi connectivity index (χ3n) is 6.51. The molecule has 5 aromatic rings. The zero-order chi connectivity index (χ0) is 27.0. The SMILES string of the molecule is COc1cc2ncnc(Oc3cccc(-c4cc(C(C)(C)C)nn4-c4ccc(C)cc4C)c3)c2cc1OC. The van der Waals surface area contributed by atoms with Crippen molar-refractivity contribution in [3.8, 4) is 40.1 Å². The Morgan fingerprint density at radius 3 is 2.29 bits per heavy atom. The van der Waals surface area contributed by atoms with Crippen LogP contribution in [0.1, 0.15) is 37.6 Å². The van der Waals surface area contributed by atoms with Gasteiger partial charge in [0.2, 0.25) is 5.88 Å². The van der Waals surface area contributed by atoms with Crippen molar-refractivity contribution in [2.24, 2.45) is 0 Å². The average molecular weight is 509 g/mol. The van der Waals surface area contributed by atoms with Crippen molar-refractivity contribution in [2.75, 3.05) is 14.2 Å². The highest BCUT2D eigenvalue weighted by Crippen LogP contribution is 2.37. The molecule has 5 rings (SSSR count). The van der Waals surface area contributed by atoms with Crippen molar-refractivity contribution < 1.29 is 14.2 Å². The van der Waals surface area contributed by atoms with Gasteiger partial charge in [-0.2, -0.15) is 5.10 Å². The zero-order valence-electron chi connectivity index (χ0n) is 22.9. The number of hydrogen-bond donors (Lipinski definition) is 0. The van der Waals surface area contributed by atoms with Crippen LogP contribution in [0.15, 0.2) is 67.0 Å². The number of aryl methyl sites for hydroxylation is 2. The van der Waals surface area contributed by atoms with Gasteiger partial charge in [-0.25, -0.2) is 14.6 Å². The van der Waals surface area contributed by atoms with E-state index in [1.807, 2.05) is 35.0 Å². The highest BCUT2D eigenvalue weighted by atomic mass is 16.5. The van der Waals surface area contributed by atoms with E-state index in [0.717, 1.165) is 28.0 Å². The lowest BCUT2D eigenvalue weighted by molar-refractivity contribution is 0.355. The fourth-order valence-corrected chi connectivity index (χ4v) is 4.45. The first-order valence-electron chi connectivity index (χ1n) is 12.5. The summed E-state index contributed by atoms with van der Waals surface area (Å²) in [5.74, 6) is 2.27. The molecule has 0 saturated heterocycles. The molecule has 0 N–H and O–H groups in total. The monoisotopic (exact) mass is 508 g/mol. The maximum Gasteiger partial charge on any atom is 0.230 e. The fraction of sp³-hybridized carbons (Fsp3) is 0.258. The summed E-state index contributed by atoms with van der Waals surface area (Å²) in [6.45, 7) is 10.7. The molecule has 0 spiro atoms. The van der Waals surface area contributed by atoms with E-state index in [1.165, 1.54) is 17.5 Å². The molecule has 3 aromatic carbocycles. The van der Waals surface area contributed by atoms with Gasteiger partial charge < -0.3 is 14.2 Å². The number of nitrogens with zero attached hydrogens (tertiary/aromatic N) is 4. The number of ether oxygens (including phenoxy) is 3. The molecule has 0 atom stereocenters. The molecular weight excluding hydrogens is 476 g/mol. The number of aromatic nitrogens is 4. The summed E-state index contributed by atoms with van der Waals surface area (Å²) in [5, 5.41) is 5.77. The lowest BCUT2D eigenvalue weighted by Crippen LogP contribution is -2.12. The third kappa shape index (κ3) is 4.79. The molecule has 0 aliphatic rings. The van der Waals surface area contributed by atoms with E-state index < -0.39 is 0 Å². The summed E-state index contributed by atoms with van der Waals surface area (Å²) in [6, 6.07) is 20.2. The van der Waals surface area contributed by atoms with Crippen LogP contribution in [-0.4, -0.2) is 34.0 Å². The van der Waals surface area contributed by atoms with Gasteiger partial charge in [0.1, 0.15) is 12.1 Å². The standard InChI is InChI=1S/C31H32N4O3/c1-19-11-12-25(20(2)13-19)35-26(17-29(34-35)31(3,4)5)21-9-8-10-22(14-21)38-30-23-15-27(36-6)28(37-7)16-24(23)32-18-33-30/h8-18H,1-7H3. The highest BCUT2D eigenvalue weighted by molar-refractivity contribution is 5.87. The Bertz CT molecular complexity index is 1630. The Kier molecular flexibility index (Phi) is 6.53. The lowest BCUT2D eigenvalue weighted by atomic mass is 9.92. The minimum atomic E-state index is -0.104. The molecule has 0 radical (unpaired) electrons. The second kappa shape index (κ2) is 9.82. The average Bonchev–Trinajstić information content (AvgIpc) is 3.34. The van der Waals surface area contributed by atoms with E-state index in [4.69, 9.17) is 19.3 Å². The molecule has 0 unspecified atom stereocenters. The van der Waals surface area contributed by atoms with E-state index in [9.17, 15) is 0 Å². The van der Waals surface area contributed by atoms with Crippen molar-refractivity contribution >= 4 is 10.9 Å². The van der Waals surface area contributed by atoms with Gasteiger partial charge in [-0.05, 0) is 49.7 Å². The Morgan fingerprint density at radius 2 is 1.58 bits per heavy atom. The first kappa shape index (κ1) is 25.3. The van der Waals surface area contributed by atoms with Crippen LogP contribution in [-0.2, 0) is 5.41 Å². The Hall–Kier alpha value is -4.39. The van der Waals surface area contributed by atoms with Crippen LogP contribution >= 0.6 is 0 Å². The smallest absolute Gasteiger partial charge is 0.230 e. The maximum absolute atomic E-state index is 6.31. The second-order valence-electron chi connectivity index (χ2n) is 10.4. The first-order chi connectivity index (χ1) is 18.2. The van der Waals surface area contributed by atoms with Crippen LogP contribution in [0, 0.1) is 13.8 Å². The Morgan fingerprint density at radius 1 is 0.816 bits per heavy atom. The van der Waals surface area contributed by atoms with Crippen LogP contribution < -0.4 is 14.2 Å². The Labute approximate surface area is 223 Å². The van der Waals surface area contributed by atoms with Crippen LogP contribution in [0.5, 0.6) is 23.1 Å². The van der Waals surface area contributed by atoms with E-state index in [1.54, 1.807) is 14.2 Å². The van der Waals surface area contributed by atoms with Crippen LogP contribution in [0.4, 0.5) is 0 Å². The van der Waals surface area contributed by atoms with Gasteiger partial charge in [-0.15, -0.1) is 0 Å². The lowest BCUT2D eigenvalue weighted by Gasteiger charge is -2.15. The predicted molar refractivity (Wildman–Crippen MR) is 150 cm³/mol. The maximum atomic E-state index is 6.31. The van der Waals surface area contributed by atoms with Gasteiger partial charge in [-0.1, -0.05) is 50.6 Å². The summed E-state index contributed by atoms with van der Waals surface area (Å²) < 4.78 is 19.2. The van der Waals surface area contributed by atoms with Crippen molar-refractivity contribution in [1.82, 2.24) is 19.7 Å². The Balaban J connectivity index is 1.59. The molecule has 7 heteroatoms. The minimum Gasteiger partial charge on any atom is -0.493 e. The van der Waals surface area contributed by atoms with E-state index in [2.05, 4.69) is 74.9 Å². The summed E-state index contributed by atoms with van der Waals surface area (Å²) >= 11 is 0. The van der Waals surface area contributed by atoms with E-state index in [0.29, 0.717) is 28.6 Å². The van der Waals surface area contributed by atoms with Gasteiger partial charge in [0, 0.05) is 17.0 Å². The molecule has 2 aromatic heterocycles. The van der Waals surface area contributed by atoms with Crippen LogP contribution in [0.2, 0.25) is 0 Å². The fourth-order valence-electron chi connectivity index (χ4n) is 4.45. The van der Waals surface area contributed by atoms with E-state index >= 15 is 0 Å². The molecule has 0 aliphatic heterocycles. The zero-order valence-corrected chi connectivity index (χ0v) is 22.9.